The highest BCUT2D eigenvalue weighted by atomic mass is 32.2. The summed E-state index contributed by atoms with van der Waals surface area (Å²) < 4.78 is 39.5. The Morgan fingerprint density at radius 2 is 1.81 bits per heavy atom. The van der Waals surface area contributed by atoms with Gasteiger partial charge < -0.3 is 19.1 Å². The SMILES string of the molecule is O=C(OCC(=O)N(C1CC1)[C@@H]1CCS(=O)(=O)C1)c1ccc2c(c1)OCCO2. The van der Waals surface area contributed by atoms with Gasteiger partial charge in [-0.15, -0.1) is 0 Å². The van der Waals surface area contributed by atoms with Crippen molar-refractivity contribution in [3.63, 3.8) is 0 Å². The zero-order chi connectivity index (χ0) is 19.0. The molecule has 0 radical (unpaired) electrons. The van der Waals surface area contributed by atoms with Crippen molar-refractivity contribution >= 4 is 21.7 Å². The number of hydrogen-bond donors (Lipinski definition) is 0. The third-order valence-electron chi connectivity index (χ3n) is 4.93. The molecular weight excluding hydrogens is 374 g/mol. The van der Waals surface area contributed by atoms with Crippen LogP contribution in [0.2, 0.25) is 0 Å². The van der Waals surface area contributed by atoms with E-state index in [1.54, 1.807) is 17.0 Å². The lowest BCUT2D eigenvalue weighted by atomic mass is 10.2. The number of amides is 1. The number of carbonyl (C=O) groups excluding carboxylic acids is 2. The predicted molar refractivity (Wildman–Crippen MR) is 94.6 cm³/mol. The number of sulfone groups is 1. The highest BCUT2D eigenvalue weighted by molar-refractivity contribution is 7.91. The maximum Gasteiger partial charge on any atom is 0.338 e. The van der Waals surface area contributed by atoms with Crippen LogP contribution in [0.5, 0.6) is 11.5 Å². The molecule has 2 heterocycles. The highest BCUT2D eigenvalue weighted by Gasteiger charge is 2.42. The van der Waals surface area contributed by atoms with Crippen molar-refractivity contribution in [2.24, 2.45) is 0 Å². The first kappa shape index (κ1) is 18.1. The summed E-state index contributed by atoms with van der Waals surface area (Å²) >= 11 is 0. The fourth-order valence-electron chi connectivity index (χ4n) is 3.51. The molecule has 2 aliphatic heterocycles. The van der Waals surface area contributed by atoms with E-state index in [0.717, 1.165) is 12.8 Å². The van der Waals surface area contributed by atoms with Crippen molar-refractivity contribution < 1.29 is 32.2 Å². The molecule has 2 fully saturated rings. The van der Waals surface area contributed by atoms with Crippen molar-refractivity contribution in [2.45, 2.75) is 31.3 Å². The normalized spacial score (nSPS) is 22.9. The molecule has 1 amide bonds. The maximum absolute atomic E-state index is 12.6. The number of benzene rings is 1. The van der Waals surface area contributed by atoms with Gasteiger partial charge in [0.15, 0.2) is 27.9 Å². The van der Waals surface area contributed by atoms with Gasteiger partial charge >= 0.3 is 5.97 Å². The molecule has 9 heteroatoms. The summed E-state index contributed by atoms with van der Waals surface area (Å²) in [6.07, 6.45) is 2.16. The molecule has 146 valence electrons. The van der Waals surface area contributed by atoms with Crippen LogP contribution in [0.4, 0.5) is 0 Å². The minimum atomic E-state index is -3.09. The molecule has 0 unspecified atom stereocenters. The number of carbonyl (C=O) groups is 2. The fraction of sp³-hybridized carbons (Fsp3) is 0.556. The largest absolute Gasteiger partial charge is 0.486 e. The standard InChI is InChI=1S/C18H21NO7S/c20-17(19(13-2-3-13)14-5-8-27(22,23)11-14)10-26-18(21)12-1-4-15-16(9-12)25-7-6-24-15/h1,4,9,13-14H,2-3,5-8,10-11H2/t14-/m1/s1. The van der Waals surface area contributed by atoms with Crippen LogP contribution in [0.25, 0.3) is 0 Å². The first-order chi connectivity index (χ1) is 12.9. The van der Waals surface area contributed by atoms with E-state index in [-0.39, 0.29) is 35.1 Å². The van der Waals surface area contributed by atoms with Crippen LogP contribution < -0.4 is 9.47 Å². The van der Waals surface area contributed by atoms with E-state index in [2.05, 4.69) is 0 Å². The molecule has 27 heavy (non-hydrogen) atoms. The van der Waals surface area contributed by atoms with E-state index in [9.17, 15) is 18.0 Å². The molecule has 3 aliphatic rings. The molecule has 1 saturated heterocycles. The summed E-state index contributed by atoms with van der Waals surface area (Å²) in [5, 5.41) is 0. The van der Waals surface area contributed by atoms with Crippen molar-refractivity contribution in [2.75, 3.05) is 31.3 Å². The second-order valence-electron chi connectivity index (χ2n) is 7.02. The van der Waals surface area contributed by atoms with Gasteiger partial charge in [-0.3, -0.25) is 4.79 Å². The van der Waals surface area contributed by atoms with Crippen LogP contribution in [0, 0.1) is 0 Å². The first-order valence-electron chi connectivity index (χ1n) is 9.01. The maximum atomic E-state index is 12.6. The minimum absolute atomic E-state index is 0.00858. The summed E-state index contributed by atoms with van der Waals surface area (Å²) in [5.41, 5.74) is 0.272. The topological polar surface area (TPSA) is 99.2 Å². The van der Waals surface area contributed by atoms with Crippen LogP contribution >= 0.6 is 0 Å². The van der Waals surface area contributed by atoms with Crippen LogP contribution in [0.3, 0.4) is 0 Å². The Morgan fingerprint density at radius 3 is 2.48 bits per heavy atom. The summed E-state index contributed by atoms with van der Waals surface area (Å²) in [7, 11) is -3.09. The van der Waals surface area contributed by atoms with Gasteiger partial charge in [0, 0.05) is 12.1 Å². The van der Waals surface area contributed by atoms with Gasteiger partial charge in [0.25, 0.3) is 5.91 Å². The molecule has 0 aromatic heterocycles. The van der Waals surface area contributed by atoms with Crippen LogP contribution in [0.15, 0.2) is 18.2 Å². The molecule has 0 bridgehead atoms. The van der Waals surface area contributed by atoms with Crippen molar-refractivity contribution in [1.82, 2.24) is 4.90 Å². The summed E-state index contributed by atoms with van der Waals surface area (Å²) in [6, 6.07) is 4.46. The number of ether oxygens (including phenoxy) is 3. The van der Waals surface area contributed by atoms with E-state index in [4.69, 9.17) is 14.2 Å². The molecule has 1 atom stereocenters. The molecule has 4 rings (SSSR count). The van der Waals surface area contributed by atoms with Crippen LogP contribution in [0.1, 0.15) is 29.6 Å². The molecule has 0 N–H and O–H groups in total. The van der Waals surface area contributed by atoms with E-state index < -0.39 is 22.4 Å². The number of fused-ring (bicyclic) bond motifs is 1. The van der Waals surface area contributed by atoms with Gasteiger partial charge in [-0.2, -0.15) is 0 Å². The Bertz CT molecular complexity index is 862. The van der Waals surface area contributed by atoms with Crippen LogP contribution in [-0.4, -0.2) is 68.6 Å². The van der Waals surface area contributed by atoms with Crippen molar-refractivity contribution in [3.05, 3.63) is 23.8 Å². The summed E-state index contributed by atoms with van der Waals surface area (Å²) in [4.78, 5) is 26.5. The number of rotatable bonds is 5. The lowest BCUT2D eigenvalue weighted by Crippen LogP contribution is -2.44. The smallest absolute Gasteiger partial charge is 0.338 e. The van der Waals surface area contributed by atoms with Crippen molar-refractivity contribution in [1.29, 1.82) is 0 Å². The lowest BCUT2D eigenvalue weighted by Gasteiger charge is -2.28. The van der Waals surface area contributed by atoms with Gasteiger partial charge in [0.05, 0.1) is 17.1 Å². The molecule has 1 aromatic carbocycles. The summed E-state index contributed by atoms with van der Waals surface area (Å²) in [5.74, 6) is 0.158. The van der Waals surface area contributed by atoms with Gasteiger partial charge in [0.1, 0.15) is 13.2 Å². The number of hydrogen-bond acceptors (Lipinski definition) is 7. The van der Waals surface area contributed by atoms with Gasteiger partial charge in [-0.05, 0) is 37.5 Å². The van der Waals surface area contributed by atoms with Crippen LogP contribution in [-0.2, 0) is 19.4 Å². The second-order valence-corrected chi connectivity index (χ2v) is 9.25. The highest BCUT2D eigenvalue weighted by Crippen LogP contribution is 2.33. The summed E-state index contributed by atoms with van der Waals surface area (Å²) in [6.45, 7) is 0.462. The van der Waals surface area contributed by atoms with Crippen molar-refractivity contribution in [3.8, 4) is 11.5 Å². The third kappa shape index (κ3) is 4.02. The zero-order valence-corrected chi connectivity index (χ0v) is 15.6. The molecule has 1 aliphatic carbocycles. The molecule has 8 nitrogen and oxygen atoms in total. The average molecular weight is 395 g/mol. The quantitative estimate of drug-likeness (QED) is 0.680. The van der Waals surface area contributed by atoms with E-state index >= 15 is 0 Å². The third-order valence-corrected chi connectivity index (χ3v) is 6.69. The average Bonchev–Trinajstić information content (AvgIpc) is 3.42. The predicted octanol–water partition coefficient (Wildman–Crippen LogP) is 0.793. The Balaban J connectivity index is 1.38. The number of esters is 1. The second kappa shape index (κ2) is 7.03. The zero-order valence-electron chi connectivity index (χ0n) is 14.8. The molecular formula is C18H21NO7S. The lowest BCUT2D eigenvalue weighted by molar-refractivity contribution is -0.137. The Kier molecular flexibility index (Phi) is 4.71. The van der Waals surface area contributed by atoms with E-state index in [1.165, 1.54) is 6.07 Å². The van der Waals surface area contributed by atoms with Gasteiger partial charge in [-0.1, -0.05) is 0 Å². The fourth-order valence-corrected chi connectivity index (χ4v) is 5.22. The monoisotopic (exact) mass is 395 g/mol. The van der Waals surface area contributed by atoms with Gasteiger partial charge in [0.2, 0.25) is 0 Å². The molecule has 1 saturated carbocycles. The Labute approximate surface area is 157 Å². The van der Waals surface area contributed by atoms with E-state index in [1.807, 2.05) is 0 Å². The molecule has 0 spiro atoms. The first-order valence-corrected chi connectivity index (χ1v) is 10.8. The molecule has 1 aromatic rings. The minimum Gasteiger partial charge on any atom is -0.486 e. The number of nitrogens with zero attached hydrogens (tertiary/aromatic N) is 1. The van der Waals surface area contributed by atoms with Gasteiger partial charge in [-0.25, -0.2) is 13.2 Å². The Morgan fingerprint density at radius 1 is 1.07 bits per heavy atom. The Hall–Kier alpha value is -2.29. The van der Waals surface area contributed by atoms with E-state index in [0.29, 0.717) is 31.1 Å².